The van der Waals surface area contributed by atoms with Crippen molar-refractivity contribution in [2.45, 2.75) is 59.3 Å². The number of fused-ring (bicyclic) bond motifs is 1. The topological polar surface area (TPSA) is 0 Å². The third-order valence-corrected chi connectivity index (χ3v) is 4.90. The van der Waals surface area contributed by atoms with Crippen LogP contribution >= 0.6 is 0 Å². The fourth-order valence-corrected chi connectivity index (χ4v) is 4.36. The van der Waals surface area contributed by atoms with Crippen LogP contribution in [0.1, 0.15) is 59.3 Å². The Balaban J connectivity index is 2.04. The van der Waals surface area contributed by atoms with Gasteiger partial charge >= 0.3 is 0 Å². The van der Waals surface area contributed by atoms with Gasteiger partial charge in [0.2, 0.25) is 0 Å². The minimum Gasteiger partial charge on any atom is -0.0654 e. The fourth-order valence-electron chi connectivity index (χ4n) is 4.36. The summed E-state index contributed by atoms with van der Waals surface area (Å²) in [7, 11) is 0. The monoisotopic (exact) mass is 180 g/mol. The molecule has 3 unspecified atom stereocenters. The van der Waals surface area contributed by atoms with E-state index in [1.165, 1.54) is 19.3 Å². The first-order valence-corrected chi connectivity index (χ1v) is 6.23. The van der Waals surface area contributed by atoms with Crippen LogP contribution in [0.5, 0.6) is 0 Å². The van der Waals surface area contributed by atoms with Gasteiger partial charge in [-0.2, -0.15) is 0 Å². The summed E-state index contributed by atoms with van der Waals surface area (Å²) in [6.45, 7) is 7.20. The third-order valence-electron chi connectivity index (χ3n) is 4.90. The highest BCUT2D eigenvalue weighted by atomic mass is 14.6. The van der Waals surface area contributed by atoms with Crippen LogP contribution in [0.2, 0.25) is 0 Å². The molecule has 0 aromatic carbocycles. The van der Waals surface area contributed by atoms with E-state index >= 15 is 0 Å². The lowest BCUT2D eigenvalue weighted by molar-refractivity contribution is -0.0195. The first-order chi connectivity index (χ1) is 6.23. The molecule has 0 heteroatoms. The predicted octanol–water partition coefficient (Wildman–Crippen LogP) is 4.25. The average molecular weight is 180 g/mol. The van der Waals surface area contributed by atoms with Gasteiger partial charge in [0.25, 0.3) is 0 Å². The Morgan fingerprint density at radius 1 is 1.38 bits per heavy atom. The predicted molar refractivity (Wildman–Crippen MR) is 57.6 cm³/mol. The summed E-state index contributed by atoms with van der Waals surface area (Å²) in [5.74, 6) is 3.23. The number of hydrogen-bond donors (Lipinski definition) is 0. The lowest BCUT2D eigenvalue weighted by atomic mass is 9.54. The smallest absolute Gasteiger partial charge is 0.0261 e. The molecule has 3 aliphatic carbocycles. The van der Waals surface area contributed by atoms with Gasteiger partial charge in [-0.3, -0.25) is 0 Å². The SMILES string of the molecule is CCCC12CCC(C1)[C@@H]2C(C)CC. The molecule has 0 aromatic heterocycles. The van der Waals surface area contributed by atoms with Gasteiger partial charge in [-0.25, -0.2) is 0 Å². The van der Waals surface area contributed by atoms with Crippen LogP contribution in [0.25, 0.3) is 0 Å². The maximum Gasteiger partial charge on any atom is -0.0261 e. The van der Waals surface area contributed by atoms with Crippen LogP contribution in [0.4, 0.5) is 0 Å². The normalized spacial score (nSPS) is 44.5. The molecule has 13 heavy (non-hydrogen) atoms. The molecule has 76 valence electrons. The summed E-state index contributed by atoms with van der Waals surface area (Å²) >= 11 is 0. The zero-order valence-corrected chi connectivity index (χ0v) is 9.47. The lowest BCUT2D eigenvalue weighted by Gasteiger charge is -2.51. The Bertz CT molecular complexity index is 180. The van der Waals surface area contributed by atoms with E-state index in [1.807, 2.05) is 0 Å². The molecular formula is C13H24. The quantitative estimate of drug-likeness (QED) is 0.606. The molecule has 0 heterocycles. The van der Waals surface area contributed by atoms with Crippen LogP contribution < -0.4 is 0 Å². The van der Waals surface area contributed by atoms with E-state index in [2.05, 4.69) is 20.8 Å². The molecule has 0 N–H and O–H groups in total. The van der Waals surface area contributed by atoms with Gasteiger partial charge < -0.3 is 0 Å². The van der Waals surface area contributed by atoms with Crippen LogP contribution in [0.3, 0.4) is 0 Å². The van der Waals surface area contributed by atoms with E-state index in [4.69, 9.17) is 0 Å². The Labute approximate surface area is 83.1 Å². The molecule has 0 spiro atoms. The van der Waals surface area contributed by atoms with Gasteiger partial charge in [-0.1, -0.05) is 33.6 Å². The fraction of sp³-hybridized carbons (Fsp3) is 1.00. The summed E-state index contributed by atoms with van der Waals surface area (Å²) in [6, 6.07) is 0. The molecule has 3 fully saturated rings. The molecule has 4 atom stereocenters. The van der Waals surface area contributed by atoms with E-state index in [0.717, 1.165) is 23.2 Å². The zero-order valence-electron chi connectivity index (χ0n) is 9.47. The maximum atomic E-state index is 2.48. The standard InChI is InChI=1S/C13H24/c1-4-7-13-8-6-11(9-13)12(13)10(3)5-2/h10-12H,4-9H2,1-3H3/t10?,11?,12-,13?/m0/s1. The minimum absolute atomic E-state index is 0.828. The molecule has 0 aliphatic heterocycles. The highest BCUT2D eigenvalue weighted by Crippen LogP contribution is 2.67. The summed E-state index contributed by atoms with van der Waals surface area (Å²) < 4.78 is 0. The van der Waals surface area contributed by atoms with Gasteiger partial charge in [-0.15, -0.1) is 0 Å². The van der Waals surface area contributed by atoms with E-state index < -0.39 is 0 Å². The van der Waals surface area contributed by atoms with E-state index in [0.29, 0.717) is 0 Å². The Hall–Kier alpha value is 0. The molecule has 3 rings (SSSR count). The van der Waals surface area contributed by atoms with Crippen molar-refractivity contribution in [1.82, 2.24) is 0 Å². The van der Waals surface area contributed by atoms with Gasteiger partial charge in [-0.05, 0) is 48.9 Å². The summed E-state index contributed by atoms with van der Waals surface area (Å²) in [5.41, 5.74) is 0.828. The number of rotatable bonds is 4. The lowest BCUT2D eigenvalue weighted by Crippen LogP contribution is -2.43. The Morgan fingerprint density at radius 2 is 2.15 bits per heavy atom. The molecule has 0 saturated heterocycles. The van der Waals surface area contributed by atoms with Crippen molar-refractivity contribution in [3.63, 3.8) is 0 Å². The summed E-state index contributed by atoms with van der Waals surface area (Å²) in [4.78, 5) is 0. The second-order valence-corrected chi connectivity index (χ2v) is 5.53. The van der Waals surface area contributed by atoms with Crippen LogP contribution in [-0.4, -0.2) is 0 Å². The first-order valence-electron chi connectivity index (χ1n) is 6.23. The zero-order chi connectivity index (χ0) is 9.47. The van der Waals surface area contributed by atoms with Crippen LogP contribution in [0, 0.1) is 23.2 Å². The highest BCUT2D eigenvalue weighted by molar-refractivity contribution is 5.08. The molecular weight excluding hydrogens is 156 g/mol. The first kappa shape index (κ1) is 9.55. The Morgan fingerprint density at radius 3 is 2.69 bits per heavy atom. The van der Waals surface area contributed by atoms with Crippen molar-refractivity contribution >= 4 is 0 Å². The van der Waals surface area contributed by atoms with Gasteiger partial charge in [0.05, 0.1) is 0 Å². The molecule has 0 radical (unpaired) electrons. The van der Waals surface area contributed by atoms with Crippen molar-refractivity contribution in [3.8, 4) is 0 Å². The molecule has 0 aromatic rings. The second-order valence-electron chi connectivity index (χ2n) is 5.53. The molecule has 0 amide bonds. The van der Waals surface area contributed by atoms with Crippen LogP contribution in [-0.2, 0) is 0 Å². The maximum absolute atomic E-state index is 2.48. The van der Waals surface area contributed by atoms with Crippen molar-refractivity contribution in [2.24, 2.45) is 23.2 Å². The molecule has 3 aliphatic rings. The summed E-state index contributed by atoms with van der Waals surface area (Å²) in [6.07, 6.45) is 9.00. The largest absolute Gasteiger partial charge is 0.0654 e. The van der Waals surface area contributed by atoms with E-state index in [1.54, 1.807) is 19.3 Å². The molecule has 0 nitrogen and oxygen atoms in total. The number of hydrogen-bond acceptors (Lipinski definition) is 0. The minimum atomic E-state index is 0.828. The van der Waals surface area contributed by atoms with Crippen LogP contribution in [0.15, 0.2) is 0 Å². The molecule has 3 saturated carbocycles. The highest BCUT2D eigenvalue weighted by Gasteiger charge is 2.58. The second kappa shape index (κ2) is 3.29. The van der Waals surface area contributed by atoms with Gasteiger partial charge in [0.15, 0.2) is 0 Å². The van der Waals surface area contributed by atoms with Crippen molar-refractivity contribution in [3.05, 3.63) is 0 Å². The van der Waals surface area contributed by atoms with Gasteiger partial charge in [0.1, 0.15) is 0 Å². The van der Waals surface area contributed by atoms with E-state index in [-0.39, 0.29) is 0 Å². The van der Waals surface area contributed by atoms with Crippen molar-refractivity contribution < 1.29 is 0 Å². The third kappa shape index (κ3) is 1.25. The summed E-state index contributed by atoms with van der Waals surface area (Å²) in [5, 5.41) is 0. The van der Waals surface area contributed by atoms with Crippen molar-refractivity contribution in [2.75, 3.05) is 0 Å². The van der Waals surface area contributed by atoms with Gasteiger partial charge in [0, 0.05) is 0 Å². The van der Waals surface area contributed by atoms with Crippen molar-refractivity contribution in [1.29, 1.82) is 0 Å². The Kier molecular flexibility index (Phi) is 2.42. The molecule has 2 bridgehead atoms. The van der Waals surface area contributed by atoms with E-state index in [9.17, 15) is 0 Å². The average Bonchev–Trinajstić information content (AvgIpc) is 2.63.